The number of ether oxygens (including phenoxy) is 1. The molecule has 0 spiro atoms. The summed E-state index contributed by atoms with van der Waals surface area (Å²) in [6.45, 7) is 1.91. The number of nitrogens with zero attached hydrogens (tertiary/aromatic N) is 3. The molecular formula is C14H14N6O3. The van der Waals surface area contributed by atoms with E-state index in [2.05, 4.69) is 31.3 Å². The van der Waals surface area contributed by atoms with Gasteiger partial charge in [-0.1, -0.05) is 30.3 Å². The average Bonchev–Trinajstić information content (AvgIpc) is 3.09. The minimum atomic E-state index is -0.669. The smallest absolute Gasteiger partial charge is 0.338 e. The van der Waals surface area contributed by atoms with Crippen molar-refractivity contribution in [2.45, 2.75) is 13.0 Å². The first-order valence-electron chi connectivity index (χ1n) is 6.98. The van der Waals surface area contributed by atoms with Gasteiger partial charge in [-0.15, -0.1) is 10.2 Å². The average molecular weight is 314 g/mol. The van der Waals surface area contributed by atoms with E-state index in [-0.39, 0.29) is 23.7 Å². The standard InChI is InChI=1S/C14H14N6O3/c1-2-23-13(21)9-10(8-6-4-3-5-7-8)15-14(22)16-11(9)12-17-19-20-18-12/h3-7,10H,2H2,1H3,(H2,15,16,22)(H,17,18,19,20). The number of carbonyl (C=O) groups excluding carboxylic acids is 2. The summed E-state index contributed by atoms with van der Waals surface area (Å²) >= 11 is 0. The van der Waals surface area contributed by atoms with Crippen LogP contribution in [0.3, 0.4) is 0 Å². The number of rotatable bonds is 4. The first-order valence-corrected chi connectivity index (χ1v) is 6.98. The number of tetrazole rings is 1. The Bertz CT molecular complexity index is 741. The van der Waals surface area contributed by atoms with Crippen LogP contribution in [0, 0.1) is 0 Å². The van der Waals surface area contributed by atoms with E-state index in [9.17, 15) is 9.59 Å². The van der Waals surface area contributed by atoms with E-state index < -0.39 is 18.0 Å². The largest absolute Gasteiger partial charge is 0.463 e. The van der Waals surface area contributed by atoms with Crippen molar-refractivity contribution in [1.29, 1.82) is 0 Å². The van der Waals surface area contributed by atoms with Crippen molar-refractivity contribution in [3.63, 3.8) is 0 Å². The normalized spacial score (nSPS) is 17.4. The van der Waals surface area contributed by atoms with Gasteiger partial charge >= 0.3 is 12.0 Å². The highest BCUT2D eigenvalue weighted by Gasteiger charge is 2.35. The van der Waals surface area contributed by atoms with Gasteiger partial charge in [-0.3, -0.25) is 0 Å². The molecule has 1 unspecified atom stereocenters. The summed E-state index contributed by atoms with van der Waals surface area (Å²) in [4.78, 5) is 24.4. The molecule has 0 aliphatic carbocycles. The zero-order valence-corrected chi connectivity index (χ0v) is 12.2. The Morgan fingerprint density at radius 3 is 2.74 bits per heavy atom. The van der Waals surface area contributed by atoms with Crippen LogP contribution in [-0.4, -0.2) is 39.2 Å². The van der Waals surface area contributed by atoms with Crippen LogP contribution in [0.15, 0.2) is 35.9 Å². The molecule has 9 heteroatoms. The number of amides is 2. The topological polar surface area (TPSA) is 122 Å². The van der Waals surface area contributed by atoms with Gasteiger partial charge in [-0.25, -0.2) is 9.59 Å². The minimum Gasteiger partial charge on any atom is -0.463 e. The van der Waals surface area contributed by atoms with Crippen LogP contribution >= 0.6 is 0 Å². The van der Waals surface area contributed by atoms with E-state index in [1.807, 2.05) is 30.3 Å². The molecule has 118 valence electrons. The molecule has 1 aromatic carbocycles. The zero-order chi connectivity index (χ0) is 16.2. The molecule has 1 aliphatic heterocycles. The summed E-state index contributed by atoms with van der Waals surface area (Å²) in [6.07, 6.45) is 0. The lowest BCUT2D eigenvalue weighted by molar-refractivity contribution is -0.138. The Labute approximate surface area is 131 Å². The van der Waals surface area contributed by atoms with Crippen molar-refractivity contribution in [1.82, 2.24) is 31.3 Å². The highest BCUT2D eigenvalue weighted by atomic mass is 16.5. The van der Waals surface area contributed by atoms with Gasteiger partial charge in [-0.05, 0) is 17.7 Å². The zero-order valence-electron chi connectivity index (χ0n) is 12.2. The van der Waals surface area contributed by atoms with E-state index in [0.717, 1.165) is 5.56 Å². The fourth-order valence-corrected chi connectivity index (χ4v) is 2.33. The second-order valence-corrected chi connectivity index (χ2v) is 4.69. The summed E-state index contributed by atoms with van der Waals surface area (Å²) in [5.41, 5.74) is 1.14. The van der Waals surface area contributed by atoms with Crippen LogP contribution in [0.5, 0.6) is 0 Å². The maximum atomic E-state index is 12.4. The Morgan fingerprint density at radius 1 is 1.30 bits per heavy atom. The summed E-state index contributed by atoms with van der Waals surface area (Å²) < 4.78 is 5.12. The third-order valence-electron chi connectivity index (χ3n) is 3.27. The van der Waals surface area contributed by atoms with E-state index in [0.29, 0.717) is 0 Å². The van der Waals surface area contributed by atoms with Gasteiger partial charge in [-0.2, -0.15) is 5.21 Å². The molecule has 3 rings (SSSR count). The van der Waals surface area contributed by atoms with E-state index in [4.69, 9.17) is 4.74 Å². The van der Waals surface area contributed by atoms with Crippen LogP contribution in [-0.2, 0) is 9.53 Å². The van der Waals surface area contributed by atoms with Crippen LogP contribution in [0.1, 0.15) is 24.4 Å². The minimum absolute atomic E-state index is 0.115. The van der Waals surface area contributed by atoms with Gasteiger partial charge in [0.25, 0.3) is 0 Å². The maximum absolute atomic E-state index is 12.4. The van der Waals surface area contributed by atoms with Crippen molar-refractivity contribution in [3.05, 3.63) is 47.3 Å². The number of esters is 1. The Hall–Kier alpha value is -3.23. The lowest BCUT2D eigenvalue weighted by Gasteiger charge is -2.28. The molecule has 2 heterocycles. The molecule has 2 aromatic rings. The Balaban J connectivity index is 2.15. The number of aromatic amines is 1. The first kappa shape index (κ1) is 14.7. The summed E-state index contributed by atoms with van der Waals surface area (Å²) in [5, 5.41) is 18.7. The molecule has 1 aliphatic rings. The van der Waals surface area contributed by atoms with Gasteiger partial charge in [0.05, 0.1) is 18.2 Å². The fourth-order valence-electron chi connectivity index (χ4n) is 2.33. The number of hydrogen-bond donors (Lipinski definition) is 3. The first-order chi connectivity index (χ1) is 11.2. The van der Waals surface area contributed by atoms with Crippen LogP contribution < -0.4 is 10.6 Å². The van der Waals surface area contributed by atoms with E-state index in [1.54, 1.807) is 6.92 Å². The molecule has 0 bridgehead atoms. The summed E-state index contributed by atoms with van der Waals surface area (Å²) in [6, 6.07) is 7.97. The molecule has 23 heavy (non-hydrogen) atoms. The molecule has 1 aromatic heterocycles. The molecule has 3 N–H and O–H groups in total. The highest BCUT2D eigenvalue weighted by Crippen LogP contribution is 2.30. The third kappa shape index (κ3) is 2.89. The molecule has 1 atom stereocenters. The maximum Gasteiger partial charge on any atom is 0.338 e. The molecule has 0 saturated carbocycles. The SMILES string of the molecule is CCOC(=O)C1=C(c2nn[nH]n2)NC(=O)NC1c1ccccc1. The number of H-pyrrole nitrogens is 1. The molecule has 9 nitrogen and oxygen atoms in total. The molecule has 0 radical (unpaired) electrons. The third-order valence-corrected chi connectivity index (χ3v) is 3.27. The summed E-state index contributed by atoms with van der Waals surface area (Å²) in [5.74, 6) is -0.447. The lowest BCUT2D eigenvalue weighted by atomic mass is 9.95. The fraction of sp³-hybridized carbons (Fsp3) is 0.214. The molecule has 0 fully saturated rings. The van der Waals surface area contributed by atoms with Crippen LogP contribution in [0.4, 0.5) is 4.79 Å². The molecule has 0 saturated heterocycles. The second kappa shape index (κ2) is 6.26. The van der Waals surface area contributed by atoms with Crippen molar-refractivity contribution < 1.29 is 14.3 Å². The number of aromatic nitrogens is 4. The van der Waals surface area contributed by atoms with Crippen molar-refractivity contribution >= 4 is 17.7 Å². The quantitative estimate of drug-likeness (QED) is 0.708. The number of urea groups is 1. The highest BCUT2D eigenvalue weighted by molar-refractivity contribution is 6.03. The molecular weight excluding hydrogens is 300 g/mol. The van der Waals surface area contributed by atoms with Crippen LogP contribution in [0.2, 0.25) is 0 Å². The Morgan fingerprint density at radius 2 is 2.09 bits per heavy atom. The second-order valence-electron chi connectivity index (χ2n) is 4.69. The number of nitrogens with one attached hydrogen (secondary N) is 3. The number of hydrogen-bond acceptors (Lipinski definition) is 6. The molecule has 2 amide bonds. The van der Waals surface area contributed by atoms with Gasteiger partial charge < -0.3 is 15.4 Å². The van der Waals surface area contributed by atoms with Crippen molar-refractivity contribution in [2.75, 3.05) is 6.61 Å². The van der Waals surface area contributed by atoms with Crippen molar-refractivity contribution in [3.8, 4) is 0 Å². The van der Waals surface area contributed by atoms with E-state index >= 15 is 0 Å². The monoisotopic (exact) mass is 314 g/mol. The van der Waals surface area contributed by atoms with Gasteiger partial charge in [0.15, 0.2) is 0 Å². The van der Waals surface area contributed by atoms with Crippen molar-refractivity contribution in [2.24, 2.45) is 0 Å². The van der Waals surface area contributed by atoms with Crippen LogP contribution in [0.25, 0.3) is 5.70 Å². The number of benzene rings is 1. The predicted molar refractivity (Wildman–Crippen MR) is 78.6 cm³/mol. The van der Waals surface area contributed by atoms with Gasteiger partial charge in [0.2, 0.25) is 5.82 Å². The lowest BCUT2D eigenvalue weighted by Crippen LogP contribution is -2.45. The Kier molecular flexibility index (Phi) is 4.00. The predicted octanol–water partition coefficient (Wildman–Crippen LogP) is 0.528. The van der Waals surface area contributed by atoms with Gasteiger partial charge in [0.1, 0.15) is 5.70 Å². The van der Waals surface area contributed by atoms with Gasteiger partial charge in [0, 0.05) is 0 Å². The number of carbonyl (C=O) groups is 2. The van der Waals surface area contributed by atoms with E-state index in [1.165, 1.54) is 0 Å². The summed E-state index contributed by atoms with van der Waals surface area (Å²) in [7, 11) is 0.